The van der Waals surface area contributed by atoms with Crippen molar-refractivity contribution in [3.63, 3.8) is 0 Å². The van der Waals surface area contributed by atoms with Gasteiger partial charge in [0.15, 0.2) is 5.95 Å². The molecule has 0 atom stereocenters. The predicted molar refractivity (Wildman–Crippen MR) is 59.6 cm³/mol. The van der Waals surface area contributed by atoms with Crippen molar-refractivity contribution in [2.24, 2.45) is 0 Å². The van der Waals surface area contributed by atoms with E-state index in [9.17, 15) is 8.78 Å². The highest BCUT2D eigenvalue weighted by Crippen LogP contribution is 2.22. The van der Waals surface area contributed by atoms with E-state index in [2.05, 4.69) is 4.98 Å². The van der Waals surface area contributed by atoms with Crippen molar-refractivity contribution in [3.05, 3.63) is 35.5 Å². The summed E-state index contributed by atoms with van der Waals surface area (Å²) >= 11 is 0. The van der Waals surface area contributed by atoms with Crippen LogP contribution >= 0.6 is 0 Å². The Morgan fingerprint density at radius 2 is 2.00 bits per heavy atom. The van der Waals surface area contributed by atoms with Gasteiger partial charge in [-0.05, 0) is 18.2 Å². The van der Waals surface area contributed by atoms with Crippen LogP contribution in [0.25, 0.3) is 10.9 Å². The molecule has 0 unspecified atom stereocenters. The number of quaternary nitrogens is 1. The smallest absolute Gasteiger partial charge is 0.195 e. The van der Waals surface area contributed by atoms with Crippen LogP contribution in [-0.4, -0.2) is 25.6 Å². The first-order chi connectivity index (χ1) is 7.58. The molecule has 1 aromatic heterocycles. The van der Waals surface area contributed by atoms with Crippen molar-refractivity contribution in [2.45, 2.75) is 6.42 Å². The molecular weight excluding hydrogens is 210 g/mol. The van der Waals surface area contributed by atoms with Crippen LogP contribution in [-0.2, 0) is 6.42 Å². The average molecular weight is 225 g/mol. The van der Waals surface area contributed by atoms with Crippen LogP contribution in [0.5, 0.6) is 0 Å². The molecule has 0 aliphatic carbocycles. The molecule has 0 spiro atoms. The van der Waals surface area contributed by atoms with Crippen LogP contribution in [0.15, 0.2) is 18.2 Å². The molecule has 1 heterocycles. The van der Waals surface area contributed by atoms with Crippen molar-refractivity contribution in [1.29, 1.82) is 0 Å². The van der Waals surface area contributed by atoms with Gasteiger partial charge in [-0.25, -0.2) is 4.39 Å². The third-order valence-electron chi connectivity index (χ3n) is 2.69. The van der Waals surface area contributed by atoms with E-state index in [0.29, 0.717) is 17.5 Å². The van der Waals surface area contributed by atoms with Gasteiger partial charge in [0.25, 0.3) is 0 Å². The van der Waals surface area contributed by atoms with Gasteiger partial charge in [-0.3, -0.25) is 0 Å². The summed E-state index contributed by atoms with van der Waals surface area (Å²) in [6.07, 6.45) is 0.653. The van der Waals surface area contributed by atoms with Gasteiger partial charge in [-0.1, -0.05) is 0 Å². The minimum Gasteiger partial charge on any atom is -0.340 e. The Bertz CT molecular complexity index is 503. The van der Waals surface area contributed by atoms with Crippen LogP contribution in [0.2, 0.25) is 0 Å². The Morgan fingerprint density at radius 3 is 2.69 bits per heavy atom. The average Bonchev–Trinajstić information content (AvgIpc) is 2.50. The number of likely N-dealkylation sites (N-methyl/N-ethyl adjacent to an activating group) is 1. The number of benzene rings is 1. The van der Waals surface area contributed by atoms with E-state index in [4.69, 9.17) is 0 Å². The summed E-state index contributed by atoms with van der Waals surface area (Å²) < 4.78 is 26.5. The first kappa shape index (κ1) is 11.1. The molecule has 0 fully saturated rings. The zero-order valence-corrected chi connectivity index (χ0v) is 9.40. The maximum Gasteiger partial charge on any atom is 0.195 e. The minimum atomic E-state index is -0.349. The van der Waals surface area contributed by atoms with E-state index in [-0.39, 0.29) is 11.8 Å². The number of aromatic amines is 1. The second-order valence-electron chi connectivity index (χ2n) is 4.31. The molecule has 86 valence electrons. The van der Waals surface area contributed by atoms with E-state index in [1.165, 1.54) is 17.0 Å². The van der Waals surface area contributed by atoms with Gasteiger partial charge in [-0.15, -0.1) is 0 Å². The number of halogens is 2. The predicted octanol–water partition coefficient (Wildman–Crippen LogP) is 1.13. The summed E-state index contributed by atoms with van der Waals surface area (Å²) in [5, 5.41) is 0.778. The zero-order valence-electron chi connectivity index (χ0n) is 9.40. The van der Waals surface area contributed by atoms with Crippen LogP contribution in [0.3, 0.4) is 0 Å². The summed E-state index contributed by atoms with van der Waals surface area (Å²) in [5.41, 5.74) is 1.18. The van der Waals surface area contributed by atoms with E-state index in [1.807, 2.05) is 14.1 Å². The Balaban J connectivity index is 2.40. The first-order valence-electron chi connectivity index (χ1n) is 5.32. The molecule has 0 radical (unpaired) electrons. The summed E-state index contributed by atoms with van der Waals surface area (Å²) in [6.45, 7) is 0.848. The molecule has 1 aromatic carbocycles. The second kappa shape index (κ2) is 4.22. The Labute approximate surface area is 92.9 Å². The molecule has 16 heavy (non-hydrogen) atoms. The number of hydrogen-bond acceptors (Lipinski definition) is 0. The molecule has 0 bridgehead atoms. The van der Waals surface area contributed by atoms with E-state index in [1.54, 1.807) is 6.07 Å². The zero-order chi connectivity index (χ0) is 11.7. The van der Waals surface area contributed by atoms with Crippen molar-refractivity contribution in [3.8, 4) is 0 Å². The molecule has 2 aromatic rings. The number of aromatic nitrogens is 1. The lowest BCUT2D eigenvalue weighted by atomic mass is 10.1. The standard InChI is InChI=1S/C12H14F2N2/c1-16(2)6-5-10-9-4-3-8(13)7-11(9)15-12(10)14/h3-4,7,15H,5-6H2,1-2H3/p+1. The second-order valence-corrected chi connectivity index (χ2v) is 4.31. The molecule has 0 saturated carbocycles. The van der Waals surface area contributed by atoms with Crippen LogP contribution in [0.4, 0.5) is 8.78 Å². The van der Waals surface area contributed by atoms with Crippen molar-refractivity contribution >= 4 is 10.9 Å². The molecular formula is C12H15F2N2+. The fourth-order valence-corrected chi connectivity index (χ4v) is 1.81. The maximum absolute atomic E-state index is 13.6. The highest BCUT2D eigenvalue weighted by molar-refractivity contribution is 5.83. The van der Waals surface area contributed by atoms with Gasteiger partial charge < -0.3 is 9.88 Å². The summed E-state index contributed by atoms with van der Waals surface area (Å²) in [4.78, 5) is 3.84. The summed E-state index contributed by atoms with van der Waals surface area (Å²) in [7, 11) is 4.04. The largest absolute Gasteiger partial charge is 0.340 e. The number of rotatable bonds is 3. The number of hydrogen-bond donors (Lipinski definition) is 2. The fourth-order valence-electron chi connectivity index (χ4n) is 1.81. The van der Waals surface area contributed by atoms with Crippen molar-refractivity contribution in [1.82, 2.24) is 4.98 Å². The number of H-pyrrole nitrogens is 1. The topological polar surface area (TPSA) is 20.2 Å². The van der Waals surface area contributed by atoms with Crippen LogP contribution in [0.1, 0.15) is 5.56 Å². The molecule has 0 amide bonds. The SMILES string of the molecule is C[NH+](C)CCc1c(F)[nH]c2cc(F)ccc12. The van der Waals surface area contributed by atoms with E-state index in [0.717, 1.165) is 11.9 Å². The maximum atomic E-state index is 13.6. The van der Waals surface area contributed by atoms with Gasteiger partial charge in [0.2, 0.25) is 0 Å². The third-order valence-corrected chi connectivity index (χ3v) is 2.69. The van der Waals surface area contributed by atoms with Crippen molar-refractivity contribution in [2.75, 3.05) is 20.6 Å². The molecule has 0 aliphatic rings. The highest BCUT2D eigenvalue weighted by atomic mass is 19.1. The first-order valence-corrected chi connectivity index (χ1v) is 5.32. The van der Waals surface area contributed by atoms with Gasteiger partial charge in [0.1, 0.15) is 5.82 Å². The number of fused-ring (bicyclic) bond motifs is 1. The van der Waals surface area contributed by atoms with Crippen LogP contribution in [0, 0.1) is 11.8 Å². The van der Waals surface area contributed by atoms with E-state index < -0.39 is 0 Å². The normalized spacial score (nSPS) is 11.6. The Hall–Kier alpha value is -1.42. The molecule has 2 N–H and O–H groups in total. The molecule has 4 heteroatoms. The monoisotopic (exact) mass is 225 g/mol. The van der Waals surface area contributed by atoms with Crippen LogP contribution < -0.4 is 4.90 Å². The van der Waals surface area contributed by atoms with Gasteiger partial charge in [0.05, 0.1) is 26.2 Å². The number of nitrogens with one attached hydrogen (secondary N) is 2. The quantitative estimate of drug-likeness (QED) is 0.781. The van der Waals surface area contributed by atoms with Gasteiger partial charge in [-0.2, -0.15) is 4.39 Å². The lowest BCUT2D eigenvalue weighted by molar-refractivity contribution is -0.858. The lowest BCUT2D eigenvalue weighted by Gasteiger charge is -2.05. The van der Waals surface area contributed by atoms with Gasteiger partial charge >= 0.3 is 0 Å². The highest BCUT2D eigenvalue weighted by Gasteiger charge is 2.12. The molecule has 0 aliphatic heterocycles. The molecule has 2 rings (SSSR count). The summed E-state index contributed by atoms with van der Waals surface area (Å²) in [5.74, 6) is -0.694. The third kappa shape index (κ3) is 2.07. The summed E-state index contributed by atoms with van der Waals surface area (Å²) in [6, 6.07) is 4.32. The fraction of sp³-hybridized carbons (Fsp3) is 0.333. The van der Waals surface area contributed by atoms with E-state index >= 15 is 0 Å². The van der Waals surface area contributed by atoms with Crippen molar-refractivity contribution < 1.29 is 13.7 Å². The molecule has 2 nitrogen and oxygen atoms in total. The molecule has 0 saturated heterocycles. The Morgan fingerprint density at radius 1 is 1.25 bits per heavy atom. The lowest BCUT2D eigenvalue weighted by Crippen LogP contribution is -3.06. The van der Waals surface area contributed by atoms with Gasteiger partial charge in [0, 0.05) is 17.4 Å². The minimum absolute atomic E-state index is 0.346. The Kier molecular flexibility index (Phi) is 2.92.